The van der Waals surface area contributed by atoms with E-state index in [4.69, 9.17) is 0 Å². The third-order valence-electron chi connectivity index (χ3n) is 5.82. The van der Waals surface area contributed by atoms with E-state index in [9.17, 15) is 14.4 Å². The highest BCUT2D eigenvalue weighted by Crippen LogP contribution is 2.17. The minimum absolute atomic E-state index is 0.0420. The van der Waals surface area contributed by atoms with Gasteiger partial charge in [0.2, 0.25) is 5.91 Å². The average molecular weight is 477 g/mol. The van der Waals surface area contributed by atoms with Crippen LogP contribution in [0.25, 0.3) is 0 Å². The summed E-state index contributed by atoms with van der Waals surface area (Å²) in [5.41, 5.74) is 2.63. The molecular weight excluding hydrogens is 448 g/mol. The van der Waals surface area contributed by atoms with Crippen LogP contribution in [0.2, 0.25) is 0 Å². The number of hydrogen-bond acceptors (Lipinski definition) is 5. The summed E-state index contributed by atoms with van der Waals surface area (Å²) in [4.78, 5) is 39.7. The van der Waals surface area contributed by atoms with E-state index in [0.717, 1.165) is 31.5 Å². The molecular formula is C26H28N4O3S. The van der Waals surface area contributed by atoms with E-state index < -0.39 is 0 Å². The van der Waals surface area contributed by atoms with Crippen molar-refractivity contribution in [3.8, 4) is 0 Å². The van der Waals surface area contributed by atoms with E-state index in [1.807, 2.05) is 47.2 Å². The van der Waals surface area contributed by atoms with Gasteiger partial charge in [-0.3, -0.25) is 19.3 Å². The van der Waals surface area contributed by atoms with Crippen molar-refractivity contribution in [1.29, 1.82) is 0 Å². The molecule has 2 heterocycles. The van der Waals surface area contributed by atoms with Crippen LogP contribution in [-0.4, -0.2) is 48.3 Å². The Kier molecular flexibility index (Phi) is 8.06. The van der Waals surface area contributed by atoms with Crippen LogP contribution in [0, 0.1) is 0 Å². The molecule has 0 aliphatic carbocycles. The smallest absolute Gasteiger partial charge is 0.253 e. The predicted molar refractivity (Wildman–Crippen MR) is 134 cm³/mol. The molecule has 3 N–H and O–H groups in total. The van der Waals surface area contributed by atoms with E-state index in [-0.39, 0.29) is 30.3 Å². The van der Waals surface area contributed by atoms with E-state index >= 15 is 0 Å². The Labute approximate surface area is 203 Å². The summed E-state index contributed by atoms with van der Waals surface area (Å²) in [5.74, 6) is -0.439. The first-order valence-corrected chi connectivity index (χ1v) is 12.3. The summed E-state index contributed by atoms with van der Waals surface area (Å²) in [7, 11) is 0. The van der Waals surface area contributed by atoms with Gasteiger partial charge in [0.25, 0.3) is 11.8 Å². The molecule has 0 bridgehead atoms. The second-order valence-corrected chi connectivity index (χ2v) is 9.08. The highest BCUT2D eigenvalue weighted by molar-refractivity contribution is 7.08. The van der Waals surface area contributed by atoms with Crippen LogP contribution in [0.1, 0.15) is 39.1 Å². The largest absolute Gasteiger partial charge is 0.349 e. The molecule has 7 nitrogen and oxygen atoms in total. The number of carbonyl (C=O) groups is 3. The number of thiophene rings is 1. The third-order valence-corrected chi connectivity index (χ3v) is 6.50. The van der Waals surface area contributed by atoms with Gasteiger partial charge in [0.1, 0.15) is 0 Å². The van der Waals surface area contributed by atoms with E-state index in [2.05, 4.69) is 20.9 Å². The van der Waals surface area contributed by atoms with E-state index in [1.165, 1.54) is 11.3 Å². The van der Waals surface area contributed by atoms with Gasteiger partial charge in [-0.15, -0.1) is 0 Å². The Balaban J connectivity index is 1.25. The minimum Gasteiger partial charge on any atom is -0.349 e. The van der Waals surface area contributed by atoms with Crippen LogP contribution in [-0.2, 0) is 11.3 Å². The van der Waals surface area contributed by atoms with Gasteiger partial charge in [-0.05, 0) is 42.0 Å². The number of para-hydroxylation sites is 1. The van der Waals surface area contributed by atoms with Crippen molar-refractivity contribution in [2.24, 2.45) is 0 Å². The molecule has 1 aliphatic heterocycles. The average Bonchev–Trinajstić information content (AvgIpc) is 3.40. The fourth-order valence-electron chi connectivity index (χ4n) is 3.95. The van der Waals surface area contributed by atoms with Gasteiger partial charge in [-0.1, -0.05) is 42.5 Å². The van der Waals surface area contributed by atoms with Gasteiger partial charge < -0.3 is 16.0 Å². The molecule has 8 heteroatoms. The lowest BCUT2D eigenvalue weighted by molar-refractivity contribution is -0.117. The molecule has 0 saturated carbocycles. The fourth-order valence-corrected chi connectivity index (χ4v) is 4.59. The van der Waals surface area contributed by atoms with Crippen molar-refractivity contribution in [3.63, 3.8) is 0 Å². The van der Waals surface area contributed by atoms with Crippen LogP contribution < -0.4 is 16.0 Å². The maximum Gasteiger partial charge on any atom is 0.253 e. The zero-order chi connectivity index (χ0) is 23.8. The molecule has 3 aromatic rings. The lowest BCUT2D eigenvalue weighted by Crippen LogP contribution is -2.46. The molecule has 2 aromatic carbocycles. The zero-order valence-corrected chi connectivity index (χ0v) is 19.6. The maximum atomic E-state index is 12.7. The van der Waals surface area contributed by atoms with Crippen molar-refractivity contribution in [1.82, 2.24) is 15.5 Å². The monoisotopic (exact) mass is 476 g/mol. The molecule has 3 amide bonds. The summed E-state index contributed by atoms with van der Waals surface area (Å²) < 4.78 is 0. The Morgan fingerprint density at radius 3 is 2.38 bits per heavy atom. The second kappa shape index (κ2) is 11.6. The first-order valence-electron chi connectivity index (χ1n) is 11.3. The van der Waals surface area contributed by atoms with Crippen LogP contribution in [0.4, 0.5) is 5.69 Å². The summed E-state index contributed by atoms with van der Waals surface area (Å²) in [5, 5.41) is 12.6. The Bertz CT molecular complexity index is 1110. The standard InChI is InChI=1S/C26H28N4O3S/c31-24(17-30-13-10-21(11-14-30)28-25(32)20-12-15-34-18-20)29-23-9-5-4-8-22(23)26(33)27-16-19-6-2-1-3-7-19/h1-9,12,15,18,21H,10-11,13-14,16-17H2,(H,27,33)(H,28,32)(H,29,31). The number of likely N-dealkylation sites (tertiary alicyclic amines) is 1. The van der Waals surface area contributed by atoms with Gasteiger partial charge in [0.15, 0.2) is 0 Å². The molecule has 4 rings (SSSR count). The molecule has 1 aliphatic rings. The Morgan fingerprint density at radius 2 is 1.65 bits per heavy atom. The van der Waals surface area contributed by atoms with Gasteiger partial charge in [-0.2, -0.15) is 11.3 Å². The fraction of sp³-hybridized carbons (Fsp3) is 0.269. The van der Waals surface area contributed by atoms with E-state index in [1.54, 1.807) is 24.3 Å². The quantitative estimate of drug-likeness (QED) is 0.464. The highest BCUT2D eigenvalue weighted by Gasteiger charge is 2.23. The molecule has 0 radical (unpaired) electrons. The molecule has 34 heavy (non-hydrogen) atoms. The van der Waals surface area contributed by atoms with Gasteiger partial charge in [0, 0.05) is 36.6 Å². The number of nitrogens with zero attached hydrogens (tertiary/aromatic N) is 1. The van der Waals surface area contributed by atoms with Crippen LogP contribution in [0.3, 0.4) is 0 Å². The van der Waals surface area contributed by atoms with E-state index in [0.29, 0.717) is 23.4 Å². The molecule has 0 atom stereocenters. The van der Waals surface area contributed by atoms with Crippen LogP contribution in [0.15, 0.2) is 71.4 Å². The number of carbonyl (C=O) groups excluding carboxylic acids is 3. The summed E-state index contributed by atoms with van der Waals surface area (Å²) in [6.45, 7) is 2.10. The lowest BCUT2D eigenvalue weighted by atomic mass is 10.0. The van der Waals surface area contributed by atoms with Crippen molar-refractivity contribution >= 4 is 34.7 Å². The molecule has 1 saturated heterocycles. The van der Waals surface area contributed by atoms with Crippen LogP contribution >= 0.6 is 11.3 Å². The predicted octanol–water partition coefficient (Wildman–Crippen LogP) is 3.51. The molecule has 0 unspecified atom stereocenters. The first kappa shape index (κ1) is 23.7. The topological polar surface area (TPSA) is 90.5 Å². The van der Waals surface area contributed by atoms with Gasteiger partial charge >= 0.3 is 0 Å². The highest BCUT2D eigenvalue weighted by atomic mass is 32.1. The van der Waals surface area contributed by atoms with Crippen molar-refractivity contribution in [2.75, 3.05) is 25.0 Å². The molecule has 0 spiro atoms. The maximum absolute atomic E-state index is 12.7. The van der Waals surface area contributed by atoms with Gasteiger partial charge in [0.05, 0.1) is 17.8 Å². The number of nitrogens with one attached hydrogen (secondary N) is 3. The number of piperidine rings is 1. The first-order chi connectivity index (χ1) is 16.6. The van der Waals surface area contributed by atoms with Crippen molar-refractivity contribution in [2.45, 2.75) is 25.4 Å². The van der Waals surface area contributed by atoms with Gasteiger partial charge in [-0.25, -0.2) is 0 Å². The lowest BCUT2D eigenvalue weighted by Gasteiger charge is -2.31. The summed E-state index contributed by atoms with van der Waals surface area (Å²) >= 11 is 1.50. The zero-order valence-electron chi connectivity index (χ0n) is 18.8. The number of anilines is 1. The van der Waals surface area contributed by atoms with Crippen molar-refractivity contribution in [3.05, 3.63) is 88.1 Å². The number of rotatable bonds is 8. The van der Waals surface area contributed by atoms with Crippen LogP contribution in [0.5, 0.6) is 0 Å². The number of benzene rings is 2. The third kappa shape index (κ3) is 6.52. The summed E-state index contributed by atoms with van der Waals surface area (Å²) in [6, 6.07) is 18.6. The molecule has 176 valence electrons. The summed E-state index contributed by atoms with van der Waals surface area (Å²) in [6.07, 6.45) is 1.59. The minimum atomic E-state index is -0.234. The molecule has 1 aromatic heterocycles. The number of amides is 3. The normalized spacial score (nSPS) is 14.4. The SMILES string of the molecule is O=C(CN1CCC(NC(=O)c2ccsc2)CC1)Nc1ccccc1C(=O)NCc1ccccc1. The molecule has 1 fully saturated rings. The van der Waals surface area contributed by atoms with Crippen molar-refractivity contribution < 1.29 is 14.4 Å². The number of hydrogen-bond donors (Lipinski definition) is 3. The Hall–Kier alpha value is -3.49. The Morgan fingerprint density at radius 1 is 0.912 bits per heavy atom. The second-order valence-electron chi connectivity index (χ2n) is 8.30.